The second kappa shape index (κ2) is 6.52. The lowest BCUT2D eigenvalue weighted by Crippen LogP contribution is -2.47. The van der Waals surface area contributed by atoms with Crippen molar-refractivity contribution >= 4 is 16.7 Å². The van der Waals surface area contributed by atoms with Gasteiger partial charge in [0.1, 0.15) is 5.52 Å². The van der Waals surface area contributed by atoms with Crippen LogP contribution in [0, 0.1) is 0 Å². The van der Waals surface area contributed by atoms with Crippen LogP contribution in [0.2, 0.25) is 0 Å². The van der Waals surface area contributed by atoms with Crippen molar-refractivity contribution in [2.75, 3.05) is 31.1 Å². The molecule has 4 rings (SSSR count). The molecule has 1 unspecified atom stereocenters. The minimum Gasteiger partial charge on any atom is -0.389 e. The minimum absolute atomic E-state index is 0.502. The molecule has 2 aliphatic rings. The molecule has 1 aliphatic carbocycles. The van der Waals surface area contributed by atoms with Gasteiger partial charge in [-0.1, -0.05) is 12.8 Å². The van der Waals surface area contributed by atoms with Crippen molar-refractivity contribution in [3.63, 3.8) is 0 Å². The van der Waals surface area contributed by atoms with E-state index in [4.69, 9.17) is 0 Å². The first-order valence-corrected chi connectivity index (χ1v) is 9.17. The van der Waals surface area contributed by atoms with Crippen LogP contribution in [0.25, 0.3) is 11.0 Å². The molecule has 0 radical (unpaired) electrons. The lowest BCUT2D eigenvalue weighted by atomic mass is 10.0. The van der Waals surface area contributed by atoms with E-state index in [2.05, 4.69) is 20.2 Å². The van der Waals surface area contributed by atoms with Crippen LogP contribution in [0.15, 0.2) is 30.6 Å². The third-order valence-electron chi connectivity index (χ3n) is 5.59. The molecule has 0 amide bonds. The smallest absolute Gasteiger partial charge is 0.112 e. The van der Waals surface area contributed by atoms with E-state index < -0.39 is 11.2 Å². The predicted octanol–water partition coefficient (Wildman–Crippen LogP) is 1.47. The Balaban J connectivity index is 1.41. The standard InChI is InChI=1S/C19H26N4O2/c24-18(6-1-2-7-18)12-20-13-19(25)8-11-23(14-19)16-5-10-21-15-4-3-9-22-17(15)16/h3-5,9-10,20,24-25H,1-2,6-8,11-14H2. The molecule has 3 heterocycles. The van der Waals surface area contributed by atoms with Crippen LogP contribution in [0.4, 0.5) is 5.69 Å². The summed E-state index contributed by atoms with van der Waals surface area (Å²) in [6.45, 7) is 2.42. The number of β-amino-alcohol motifs (C(OH)–C–C–N with tert-alkyl or cyclic N) is 1. The molecule has 2 aromatic rings. The van der Waals surface area contributed by atoms with Crippen LogP contribution in [0.1, 0.15) is 32.1 Å². The van der Waals surface area contributed by atoms with Crippen LogP contribution in [0.5, 0.6) is 0 Å². The average Bonchev–Trinajstić information content (AvgIpc) is 3.21. The number of nitrogens with one attached hydrogen (secondary N) is 1. The number of pyridine rings is 2. The van der Waals surface area contributed by atoms with E-state index in [9.17, 15) is 10.2 Å². The first kappa shape index (κ1) is 16.7. The molecular weight excluding hydrogens is 316 g/mol. The number of nitrogens with zero attached hydrogens (tertiary/aromatic N) is 3. The monoisotopic (exact) mass is 342 g/mol. The number of aliphatic hydroxyl groups is 2. The molecule has 1 saturated heterocycles. The lowest BCUT2D eigenvalue weighted by molar-refractivity contribution is 0.0286. The number of aromatic nitrogens is 2. The maximum Gasteiger partial charge on any atom is 0.112 e. The summed E-state index contributed by atoms with van der Waals surface area (Å²) in [5, 5.41) is 24.7. The molecule has 0 aromatic carbocycles. The molecule has 25 heavy (non-hydrogen) atoms. The highest BCUT2D eigenvalue weighted by Gasteiger charge is 2.38. The minimum atomic E-state index is -0.778. The Kier molecular flexibility index (Phi) is 4.35. The van der Waals surface area contributed by atoms with E-state index in [1.807, 2.05) is 18.2 Å². The number of hydrogen-bond donors (Lipinski definition) is 3. The molecule has 2 aromatic heterocycles. The molecular formula is C19H26N4O2. The van der Waals surface area contributed by atoms with E-state index in [0.29, 0.717) is 26.1 Å². The molecule has 6 heteroatoms. The van der Waals surface area contributed by atoms with Crippen LogP contribution < -0.4 is 10.2 Å². The maximum atomic E-state index is 10.9. The molecule has 1 atom stereocenters. The van der Waals surface area contributed by atoms with Crippen LogP contribution in [0.3, 0.4) is 0 Å². The van der Waals surface area contributed by atoms with Crippen LogP contribution >= 0.6 is 0 Å². The zero-order valence-electron chi connectivity index (χ0n) is 14.5. The quantitative estimate of drug-likeness (QED) is 0.763. The van der Waals surface area contributed by atoms with Gasteiger partial charge in [0, 0.05) is 38.6 Å². The Morgan fingerprint density at radius 1 is 1.00 bits per heavy atom. The number of anilines is 1. The third-order valence-corrected chi connectivity index (χ3v) is 5.59. The van der Waals surface area contributed by atoms with Crippen LogP contribution in [-0.2, 0) is 0 Å². The summed E-state index contributed by atoms with van der Waals surface area (Å²) < 4.78 is 0. The molecule has 0 spiro atoms. The van der Waals surface area contributed by atoms with E-state index in [1.54, 1.807) is 12.4 Å². The first-order valence-electron chi connectivity index (χ1n) is 9.17. The fourth-order valence-electron chi connectivity index (χ4n) is 4.16. The van der Waals surface area contributed by atoms with Crippen molar-refractivity contribution < 1.29 is 10.2 Å². The highest BCUT2D eigenvalue weighted by atomic mass is 16.3. The zero-order chi connectivity index (χ0) is 17.3. The van der Waals surface area contributed by atoms with Crippen molar-refractivity contribution in [1.82, 2.24) is 15.3 Å². The highest BCUT2D eigenvalue weighted by molar-refractivity contribution is 5.87. The number of hydrogen-bond acceptors (Lipinski definition) is 6. The molecule has 1 aliphatic heterocycles. The van der Waals surface area contributed by atoms with Gasteiger partial charge in [-0.05, 0) is 37.5 Å². The van der Waals surface area contributed by atoms with Gasteiger partial charge in [0.05, 0.1) is 22.4 Å². The molecule has 2 fully saturated rings. The second-order valence-corrected chi connectivity index (χ2v) is 7.63. The van der Waals surface area contributed by atoms with E-state index in [1.165, 1.54) is 0 Å². The maximum absolute atomic E-state index is 10.9. The Hall–Kier alpha value is -1.76. The van der Waals surface area contributed by atoms with Gasteiger partial charge in [-0.15, -0.1) is 0 Å². The van der Waals surface area contributed by atoms with Gasteiger partial charge < -0.3 is 20.4 Å². The summed E-state index contributed by atoms with van der Waals surface area (Å²) in [7, 11) is 0. The van der Waals surface area contributed by atoms with Gasteiger partial charge in [-0.2, -0.15) is 0 Å². The van der Waals surface area contributed by atoms with Gasteiger partial charge in [0.15, 0.2) is 0 Å². The largest absolute Gasteiger partial charge is 0.389 e. The lowest BCUT2D eigenvalue weighted by Gasteiger charge is -2.28. The number of fused-ring (bicyclic) bond motifs is 1. The summed E-state index contributed by atoms with van der Waals surface area (Å²) in [4.78, 5) is 11.0. The Bertz CT molecular complexity index is 742. The van der Waals surface area contributed by atoms with Gasteiger partial charge in [-0.25, -0.2) is 0 Å². The fourth-order valence-corrected chi connectivity index (χ4v) is 4.16. The van der Waals surface area contributed by atoms with Crippen molar-refractivity contribution in [3.8, 4) is 0 Å². The van der Waals surface area contributed by atoms with E-state index in [0.717, 1.165) is 48.9 Å². The highest BCUT2D eigenvalue weighted by Crippen LogP contribution is 2.31. The summed E-state index contributed by atoms with van der Waals surface area (Å²) >= 11 is 0. The van der Waals surface area contributed by atoms with Gasteiger partial charge in [0.25, 0.3) is 0 Å². The third kappa shape index (κ3) is 3.47. The van der Waals surface area contributed by atoms with Crippen LogP contribution in [-0.4, -0.2) is 57.6 Å². The SMILES string of the molecule is OC1(CNCC2(O)CCN(c3ccnc4cccnc34)C2)CCCC1. The van der Waals surface area contributed by atoms with Crippen molar-refractivity contribution in [3.05, 3.63) is 30.6 Å². The summed E-state index contributed by atoms with van der Waals surface area (Å²) in [5.41, 5.74) is 1.41. The van der Waals surface area contributed by atoms with E-state index in [-0.39, 0.29) is 0 Å². The van der Waals surface area contributed by atoms with Gasteiger partial charge in [-0.3, -0.25) is 9.97 Å². The fraction of sp³-hybridized carbons (Fsp3) is 0.579. The average molecular weight is 342 g/mol. The summed E-state index contributed by atoms with van der Waals surface area (Å²) in [6.07, 6.45) is 8.19. The van der Waals surface area contributed by atoms with Gasteiger partial charge in [0.2, 0.25) is 0 Å². The van der Waals surface area contributed by atoms with Crippen molar-refractivity contribution in [2.45, 2.75) is 43.3 Å². The van der Waals surface area contributed by atoms with Crippen molar-refractivity contribution in [2.24, 2.45) is 0 Å². The summed E-state index contributed by atoms with van der Waals surface area (Å²) in [5.74, 6) is 0. The molecule has 0 bridgehead atoms. The first-order chi connectivity index (χ1) is 12.1. The normalized spacial score (nSPS) is 25.8. The topological polar surface area (TPSA) is 81.5 Å². The molecule has 3 N–H and O–H groups in total. The number of rotatable bonds is 5. The Morgan fingerprint density at radius 3 is 2.64 bits per heavy atom. The van der Waals surface area contributed by atoms with Gasteiger partial charge >= 0.3 is 0 Å². The second-order valence-electron chi connectivity index (χ2n) is 7.63. The summed E-state index contributed by atoms with van der Waals surface area (Å²) in [6, 6.07) is 5.81. The zero-order valence-corrected chi connectivity index (χ0v) is 14.5. The Morgan fingerprint density at radius 2 is 1.80 bits per heavy atom. The Labute approximate surface area is 147 Å². The molecule has 134 valence electrons. The van der Waals surface area contributed by atoms with E-state index >= 15 is 0 Å². The molecule has 6 nitrogen and oxygen atoms in total. The molecule has 1 saturated carbocycles. The predicted molar refractivity (Wildman–Crippen MR) is 97.6 cm³/mol. The van der Waals surface area contributed by atoms with Crippen molar-refractivity contribution in [1.29, 1.82) is 0 Å².